The van der Waals surface area contributed by atoms with Crippen molar-refractivity contribution < 1.29 is 9.84 Å². The molecule has 0 bridgehead atoms. The minimum atomic E-state index is 0.0742. The maximum absolute atomic E-state index is 9.76. The lowest BCUT2D eigenvalue weighted by atomic mass is 10.0. The molecule has 0 amide bonds. The Balaban J connectivity index is 1.86. The van der Waals surface area contributed by atoms with Crippen LogP contribution < -0.4 is 10.2 Å². The average Bonchev–Trinajstić information content (AvgIpc) is 3.14. The van der Waals surface area contributed by atoms with Gasteiger partial charge in [-0.2, -0.15) is 10.4 Å². The number of rotatable bonds is 5. The van der Waals surface area contributed by atoms with Gasteiger partial charge >= 0.3 is 0 Å². The van der Waals surface area contributed by atoms with Gasteiger partial charge in [0.05, 0.1) is 29.9 Å². The molecule has 0 aliphatic carbocycles. The lowest BCUT2D eigenvalue weighted by Gasteiger charge is -2.15. The number of phenolic OH excluding ortho intramolecular Hbond substituents is 1. The first kappa shape index (κ1) is 19.3. The Kier molecular flexibility index (Phi) is 4.98. The van der Waals surface area contributed by atoms with Crippen LogP contribution in [-0.2, 0) is 6.42 Å². The molecule has 0 fully saturated rings. The summed E-state index contributed by atoms with van der Waals surface area (Å²) in [4.78, 5) is 4.69. The molecule has 0 atom stereocenters. The van der Waals surface area contributed by atoms with Gasteiger partial charge in [-0.05, 0) is 60.4 Å². The lowest BCUT2D eigenvalue weighted by molar-refractivity contribution is 0.373. The van der Waals surface area contributed by atoms with Crippen LogP contribution in [0.15, 0.2) is 47.6 Å². The van der Waals surface area contributed by atoms with E-state index >= 15 is 0 Å². The molecule has 0 spiro atoms. The number of benzene rings is 2. The highest BCUT2D eigenvalue weighted by molar-refractivity contribution is 5.87. The van der Waals surface area contributed by atoms with E-state index in [1.807, 2.05) is 42.5 Å². The second-order valence-corrected chi connectivity index (χ2v) is 6.85. The summed E-state index contributed by atoms with van der Waals surface area (Å²) in [5.74, 6) is 1.23. The highest BCUT2D eigenvalue weighted by Crippen LogP contribution is 2.31. The number of anilines is 1. The summed E-state index contributed by atoms with van der Waals surface area (Å²) in [5, 5.41) is 23.9. The van der Waals surface area contributed by atoms with Crippen molar-refractivity contribution in [1.29, 1.82) is 5.26 Å². The number of hydrazone groups is 1. The molecule has 2 aromatic carbocycles. The summed E-state index contributed by atoms with van der Waals surface area (Å²) in [6, 6.07) is 15.1. The second kappa shape index (κ2) is 7.76. The van der Waals surface area contributed by atoms with Crippen molar-refractivity contribution in [2.24, 2.45) is 5.10 Å². The van der Waals surface area contributed by atoms with Crippen molar-refractivity contribution in [2.45, 2.75) is 20.3 Å². The van der Waals surface area contributed by atoms with Gasteiger partial charge in [0.2, 0.25) is 0 Å². The van der Waals surface area contributed by atoms with E-state index in [9.17, 15) is 10.4 Å². The number of nitrogens with one attached hydrogen (secondary N) is 1. The topological polar surface area (TPSA) is 94.9 Å². The van der Waals surface area contributed by atoms with E-state index in [-0.39, 0.29) is 5.75 Å². The quantitative estimate of drug-likeness (QED) is 0.383. The van der Waals surface area contributed by atoms with Crippen molar-refractivity contribution in [3.63, 3.8) is 0 Å². The van der Waals surface area contributed by atoms with E-state index in [0.717, 1.165) is 40.0 Å². The Hall–Kier alpha value is -4.05. The number of phenols is 1. The SMILES string of the molecule is CCc1c(C)c(C#N)c2nc3ccccc3n2c1NN=Cc1ccc(O)c(OC)c1. The van der Waals surface area contributed by atoms with Gasteiger partial charge in [0.25, 0.3) is 0 Å². The second-order valence-electron chi connectivity index (χ2n) is 6.85. The van der Waals surface area contributed by atoms with Crippen molar-refractivity contribution in [3.05, 3.63) is 64.7 Å². The monoisotopic (exact) mass is 399 g/mol. The van der Waals surface area contributed by atoms with E-state index in [1.54, 1.807) is 24.4 Å². The Morgan fingerprint density at radius 1 is 1.30 bits per heavy atom. The standard InChI is InChI=1S/C23H21N5O2/c1-4-16-14(2)17(12-24)22-26-18-7-5-6-8-19(18)28(22)23(16)27-25-13-15-9-10-20(29)21(11-15)30-3/h5-11,13,27,29H,4H2,1-3H3. The molecule has 30 heavy (non-hydrogen) atoms. The maximum Gasteiger partial charge on any atom is 0.161 e. The molecule has 150 valence electrons. The molecule has 7 heteroatoms. The molecule has 2 heterocycles. The number of hydrogen-bond acceptors (Lipinski definition) is 6. The highest BCUT2D eigenvalue weighted by atomic mass is 16.5. The number of fused-ring (bicyclic) bond motifs is 3. The number of aromatic hydroxyl groups is 1. The number of hydrogen-bond donors (Lipinski definition) is 2. The molecule has 0 saturated carbocycles. The number of para-hydroxylation sites is 2. The third-order valence-corrected chi connectivity index (χ3v) is 5.17. The van der Waals surface area contributed by atoms with Crippen molar-refractivity contribution in [2.75, 3.05) is 12.5 Å². The number of aromatic nitrogens is 2. The largest absolute Gasteiger partial charge is 0.504 e. The van der Waals surface area contributed by atoms with Crippen LogP contribution >= 0.6 is 0 Å². The van der Waals surface area contributed by atoms with Crippen LogP contribution in [0.4, 0.5) is 5.82 Å². The summed E-state index contributed by atoms with van der Waals surface area (Å²) in [6.07, 6.45) is 2.38. The summed E-state index contributed by atoms with van der Waals surface area (Å²) >= 11 is 0. The van der Waals surface area contributed by atoms with Crippen LogP contribution in [0.5, 0.6) is 11.5 Å². The fourth-order valence-corrected chi connectivity index (χ4v) is 3.68. The van der Waals surface area contributed by atoms with E-state index in [2.05, 4.69) is 21.6 Å². The Morgan fingerprint density at radius 3 is 2.83 bits per heavy atom. The molecule has 0 radical (unpaired) electrons. The summed E-state index contributed by atoms with van der Waals surface area (Å²) in [5.41, 5.74) is 8.73. The molecular formula is C23H21N5O2. The smallest absolute Gasteiger partial charge is 0.161 e. The van der Waals surface area contributed by atoms with Crippen LogP contribution in [0.2, 0.25) is 0 Å². The minimum absolute atomic E-state index is 0.0742. The molecule has 7 nitrogen and oxygen atoms in total. The Bertz CT molecular complexity index is 1330. The zero-order valence-corrected chi connectivity index (χ0v) is 17.0. The van der Waals surface area contributed by atoms with Gasteiger partial charge in [0.15, 0.2) is 17.1 Å². The van der Waals surface area contributed by atoms with Gasteiger partial charge in [-0.3, -0.25) is 9.83 Å². The zero-order valence-electron chi connectivity index (χ0n) is 17.0. The maximum atomic E-state index is 9.76. The van der Waals surface area contributed by atoms with Gasteiger partial charge < -0.3 is 9.84 Å². The third kappa shape index (κ3) is 3.08. The van der Waals surface area contributed by atoms with Gasteiger partial charge in [0.1, 0.15) is 11.9 Å². The van der Waals surface area contributed by atoms with Gasteiger partial charge in [0, 0.05) is 0 Å². The first-order chi connectivity index (χ1) is 14.6. The van der Waals surface area contributed by atoms with E-state index in [0.29, 0.717) is 17.0 Å². The summed E-state index contributed by atoms with van der Waals surface area (Å²) in [7, 11) is 1.50. The van der Waals surface area contributed by atoms with E-state index < -0.39 is 0 Å². The summed E-state index contributed by atoms with van der Waals surface area (Å²) in [6.45, 7) is 3.99. The normalized spacial score (nSPS) is 11.3. The average molecular weight is 399 g/mol. The van der Waals surface area contributed by atoms with Crippen LogP contribution in [0.25, 0.3) is 16.7 Å². The Labute approximate surface area is 173 Å². The van der Waals surface area contributed by atoms with E-state index in [1.165, 1.54) is 7.11 Å². The predicted molar refractivity (Wildman–Crippen MR) is 117 cm³/mol. The van der Waals surface area contributed by atoms with Crippen LogP contribution in [0.3, 0.4) is 0 Å². The van der Waals surface area contributed by atoms with Crippen LogP contribution in [0.1, 0.15) is 29.2 Å². The minimum Gasteiger partial charge on any atom is -0.504 e. The summed E-state index contributed by atoms with van der Waals surface area (Å²) < 4.78 is 7.10. The number of methoxy groups -OCH3 is 1. The van der Waals surface area contributed by atoms with Crippen molar-refractivity contribution in [3.8, 4) is 17.6 Å². The molecular weight excluding hydrogens is 378 g/mol. The van der Waals surface area contributed by atoms with Crippen LogP contribution in [0, 0.1) is 18.3 Å². The molecule has 0 aliphatic heterocycles. The fraction of sp³-hybridized carbons (Fsp3) is 0.174. The molecule has 0 unspecified atom stereocenters. The first-order valence-corrected chi connectivity index (χ1v) is 9.57. The van der Waals surface area contributed by atoms with Crippen LogP contribution in [-0.4, -0.2) is 27.8 Å². The molecule has 2 N–H and O–H groups in total. The number of nitriles is 1. The van der Waals surface area contributed by atoms with Gasteiger partial charge in [-0.25, -0.2) is 4.98 Å². The zero-order chi connectivity index (χ0) is 21.3. The molecule has 4 aromatic rings. The van der Waals surface area contributed by atoms with Gasteiger partial charge in [-0.15, -0.1) is 0 Å². The molecule has 0 aliphatic rings. The molecule has 2 aromatic heterocycles. The van der Waals surface area contributed by atoms with E-state index in [4.69, 9.17) is 4.74 Å². The highest BCUT2D eigenvalue weighted by Gasteiger charge is 2.19. The van der Waals surface area contributed by atoms with Gasteiger partial charge in [-0.1, -0.05) is 19.1 Å². The molecule has 0 saturated heterocycles. The Morgan fingerprint density at radius 2 is 2.10 bits per heavy atom. The number of pyridine rings is 1. The number of imidazole rings is 1. The first-order valence-electron chi connectivity index (χ1n) is 9.57. The molecule has 4 rings (SSSR count). The predicted octanol–water partition coefficient (Wildman–Crippen LogP) is 4.39. The fourth-order valence-electron chi connectivity index (χ4n) is 3.68. The lowest BCUT2D eigenvalue weighted by Crippen LogP contribution is -2.07. The van der Waals surface area contributed by atoms with Crippen molar-refractivity contribution >= 4 is 28.7 Å². The number of ether oxygens (including phenoxy) is 1. The number of nitrogens with zero attached hydrogens (tertiary/aromatic N) is 4. The van der Waals surface area contributed by atoms with Crippen molar-refractivity contribution in [1.82, 2.24) is 9.38 Å². The third-order valence-electron chi connectivity index (χ3n) is 5.17.